The second kappa shape index (κ2) is 7.74. The summed E-state index contributed by atoms with van der Waals surface area (Å²) >= 11 is 0. The molecule has 7 nitrogen and oxygen atoms in total. The Balaban J connectivity index is 1.56. The predicted molar refractivity (Wildman–Crippen MR) is 104 cm³/mol. The lowest BCUT2D eigenvalue weighted by molar-refractivity contribution is -0.274. The van der Waals surface area contributed by atoms with E-state index < -0.39 is 12.4 Å². The van der Waals surface area contributed by atoms with Crippen molar-refractivity contribution in [2.24, 2.45) is 0 Å². The van der Waals surface area contributed by atoms with Crippen molar-refractivity contribution in [1.29, 1.82) is 0 Å². The number of imidazole rings is 1. The van der Waals surface area contributed by atoms with Crippen LogP contribution in [0.1, 0.15) is 0 Å². The molecule has 2 heterocycles. The van der Waals surface area contributed by atoms with Crippen molar-refractivity contribution in [2.45, 2.75) is 6.36 Å². The number of carbonyl (C=O) groups excluding carboxylic acids is 1. The number of anilines is 2. The molecular weight excluding hydrogens is 399 g/mol. The maximum absolute atomic E-state index is 12.5. The molecule has 4 aromatic rings. The molecule has 2 N–H and O–H groups in total. The number of aromatic nitrogens is 3. The Morgan fingerprint density at radius 2 is 1.70 bits per heavy atom. The first-order chi connectivity index (χ1) is 14.4. The third-order valence-electron chi connectivity index (χ3n) is 4.03. The van der Waals surface area contributed by atoms with Gasteiger partial charge in [0.2, 0.25) is 5.78 Å². The highest BCUT2D eigenvalue weighted by atomic mass is 19.4. The molecule has 2 aromatic heterocycles. The highest BCUT2D eigenvalue weighted by Gasteiger charge is 2.31. The normalized spacial score (nSPS) is 11.3. The number of hydrogen-bond donors (Lipinski definition) is 2. The second-order valence-corrected chi connectivity index (χ2v) is 6.12. The zero-order valence-electron chi connectivity index (χ0n) is 15.2. The summed E-state index contributed by atoms with van der Waals surface area (Å²) in [6.45, 7) is 0. The van der Waals surface area contributed by atoms with Gasteiger partial charge < -0.3 is 10.1 Å². The summed E-state index contributed by atoms with van der Waals surface area (Å²) in [5.41, 5.74) is 1.60. The summed E-state index contributed by atoms with van der Waals surface area (Å²) in [5.74, 6) is 0.423. The van der Waals surface area contributed by atoms with E-state index >= 15 is 0 Å². The van der Waals surface area contributed by atoms with Crippen molar-refractivity contribution in [1.82, 2.24) is 14.4 Å². The fourth-order valence-electron chi connectivity index (χ4n) is 2.81. The SMILES string of the molecule is O=C(Nc1ccc(OC(F)(F)F)cc1)Nc1c(-c2ccccc2)nc2ncccn12. The van der Waals surface area contributed by atoms with Crippen LogP contribution in [-0.2, 0) is 0 Å². The average molecular weight is 413 g/mol. The van der Waals surface area contributed by atoms with Crippen molar-refractivity contribution in [3.8, 4) is 17.0 Å². The summed E-state index contributed by atoms with van der Waals surface area (Å²) in [6.07, 6.45) is -1.48. The fourth-order valence-corrected chi connectivity index (χ4v) is 2.81. The minimum Gasteiger partial charge on any atom is -0.406 e. The summed E-state index contributed by atoms with van der Waals surface area (Å²) in [7, 11) is 0. The van der Waals surface area contributed by atoms with Gasteiger partial charge in [-0.05, 0) is 30.3 Å². The van der Waals surface area contributed by atoms with Gasteiger partial charge in [-0.1, -0.05) is 30.3 Å². The third-order valence-corrected chi connectivity index (χ3v) is 4.03. The van der Waals surface area contributed by atoms with Gasteiger partial charge in [-0.2, -0.15) is 0 Å². The molecule has 30 heavy (non-hydrogen) atoms. The molecule has 152 valence electrons. The molecule has 0 saturated heterocycles. The van der Waals surface area contributed by atoms with Crippen molar-refractivity contribution in [2.75, 3.05) is 10.6 Å². The number of halogens is 3. The van der Waals surface area contributed by atoms with Crippen LogP contribution in [0.4, 0.5) is 29.5 Å². The zero-order chi connectivity index (χ0) is 21.1. The summed E-state index contributed by atoms with van der Waals surface area (Å²) in [4.78, 5) is 21.2. The monoisotopic (exact) mass is 413 g/mol. The van der Waals surface area contributed by atoms with Crippen molar-refractivity contribution in [3.05, 3.63) is 73.1 Å². The number of nitrogens with one attached hydrogen (secondary N) is 2. The summed E-state index contributed by atoms with van der Waals surface area (Å²) < 4.78 is 42.2. The van der Waals surface area contributed by atoms with Crippen LogP contribution in [0.2, 0.25) is 0 Å². The highest BCUT2D eigenvalue weighted by molar-refractivity contribution is 6.01. The number of hydrogen-bond acceptors (Lipinski definition) is 4. The van der Waals surface area contributed by atoms with Gasteiger partial charge in [-0.25, -0.2) is 14.8 Å². The van der Waals surface area contributed by atoms with Crippen LogP contribution in [0.5, 0.6) is 5.75 Å². The molecule has 0 atom stereocenters. The number of carbonyl (C=O) groups is 1. The van der Waals surface area contributed by atoms with Crippen LogP contribution in [0, 0.1) is 0 Å². The number of ether oxygens (including phenoxy) is 1. The van der Waals surface area contributed by atoms with Crippen LogP contribution >= 0.6 is 0 Å². The molecule has 0 bridgehead atoms. The minimum absolute atomic E-state index is 0.287. The van der Waals surface area contributed by atoms with Gasteiger partial charge in [0.15, 0.2) is 0 Å². The Morgan fingerprint density at radius 3 is 2.40 bits per heavy atom. The number of fused-ring (bicyclic) bond motifs is 1. The molecule has 0 fully saturated rings. The Bertz CT molecular complexity index is 1170. The predicted octanol–water partition coefficient (Wildman–Crippen LogP) is 4.94. The van der Waals surface area contributed by atoms with E-state index in [1.807, 2.05) is 30.3 Å². The Morgan fingerprint density at radius 1 is 0.967 bits per heavy atom. The van der Waals surface area contributed by atoms with Crippen molar-refractivity contribution in [3.63, 3.8) is 0 Å². The number of nitrogens with zero attached hydrogens (tertiary/aromatic N) is 3. The smallest absolute Gasteiger partial charge is 0.406 e. The van der Waals surface area contributed by atoms with Gasteiger partial charge in [0.05, 0.1) is 0 Å². The first-order valence-electron chi connectivity index (χ1n) is 8.71. The van der Waals surface area contributed by atoms with Gasteiger partial charge in [0, 0.05) is 23.6 Å². The van der Waals surface area contributed by atoms with Gasteiger partial charge in [-0.15, -0.1) is 13.2 Å². The van der Waals surface area contributed by atoms with Crippen LogP contribution in [0.15, 0.2) is 73.1 Å². The maximum atomic E-state index is 12.5. The molecule has 0 aliphatic heterocycles. The molecule has 0 aliphatic rings. The summed E-state index contributed by atoms with van der Waals surface area (Å²) in [6, 6.07) is 15.2. The van der Waals surface area contributed by atoms with Crippen LogP contribution in [0.25, 0.3) is 17.0 Å². The van der Waals surface area contributed by atoms with E-state index in [1.54, 1.807) is 22.9 Å². The molecule has 0 aliphatic carbocycles. The number of amides is 2. The van der Waals surface area contributed by atoms with Crippen LogP contribution < -0.4 is 15.4 Å². The Hall–Kier alpha value is -4.08. The van der Waals surface area contributed by atoms with E-state index in [9.17, 15) is 18.0 Å². The lowest BCUT2D eigenvalue weighted by Gasteiger charge is -2.11. The van der Waals surface area contributed by atoms with E-state index in [-0.39, 0.29) is 11.4 Å². The minimum atomic E-state index is -4.78. The standard InChI is InChI=1S/C20H14F3N5O2/c21-20(22,23)30-15-9-7-14(8-10-15)25-19(29)27-17-16(13-5-2-1-3-6-13)26-18-24-11-4-12-28(17)18/h1-12H,(H2,25,27,29). The molecule has 2 amide bonds. The molecule has 0 spiro atoms. The van der Waals surface area contributed by atoms with Crippen LogP contribution in [0.3, 0.4) is 0 Å². The topological polar surface area (TPSA) is 80.5 Å². The van der Waals surface area contributed by atoms with E-state index in [1.165, 1.54) is 12.1 Å². The highest BCUT2D eigenvalue weighted by Crippen LogP contribution is 2.28. The molecule has 2 aromatic carbocycles. The third kappa shape index (κ3) is 4.32. The molecule has 0 saturated carbocycles. The molecule has 0 radical (unpaired) electrons. The number of benzene rings is 2. The van der Waals surface area contributed by atoms with Gasteiger partial charge in [0.1, 0.15) is 17.3 Å². The maximum Gasteiger partial charge on any atom is 0.573 e. The second-order valence-electron chi connectivity index (χ2n) is 6.12. The number of alkyl halides is 3. The van der Waals surface area contributed by atoms with Crippen molar-refractivity contribution < 1.29 is 22.7 Å². The average Bonchev–Trinajstić information content (AvgIpc) is 3.07. The van der Waals surface area contributed by atoms with E-state index in [4.69, 9.17) is 0 Å². The first kappa shape index (κ1) is 19.2. The molecule has 0 unspecified atom stereocenters. The zero-order valence-corrected chi connectivity index (χ0v) is 15.2. The van der Waals surface area contributed by atoms with E-state index in [0.29, 0.717) is 17.3 Å². The first-order valence-corrected chi connectivity index (χ1v) is 8.71. The van der Waals surface area contributed by atoms with Gasteiger partial charge in [0.25, 0.3) is 0 Å². The molecule has 4 rings (SSSR count). The lowest BCUT2D eigenvalue weighted by atomic mass is 10.1. The molecule has 10 heteroatoms. The summed E-state index contributed by atoms with van der Waals surface area (Å²) in [5, 5.41) is 5.30. The van der Waals surface area contributed by atoms with Gasteiger partial charge in [-0.3, -0.25) is 9.72 Å². The van der Waals surface area contributed by atoms with E-state index in [2.05, 4.69) is 25.3 Å². The fraction of sp³-hybridized carbons (Fsp3) is 0.0500. The molecular formula is C20H14F3N5O2. The largest absolute Gasteiger partial charge is 0.573 e. The Labute approximate surface area is 168 Å². The quantitative estimate of drug-likeness (QED) is 0.497. The van der Waals surface area contributed by atoms with Crippen molar-refractivity contribution >= 4 is 23.3 Å². The van der Waals surface area contributed by atoms with E-state index in [0.717, 1.165) is 17.7 Å². The number of rotatable bonds is 4. The Kier molecular flexibility index (Phi) is 4.97. The lowest BCUT2D eigenvalue weighted by Crippen LogP contribution is -2.21. The van der Waals surface area contributed by atoms with Gasteiger partial charge >= 0.3 is 12.4 Å². The number of urea groups is 1. The van der Waals surface area contributed by atoms with Crippen LogP contribution in [-0.4, -0.2) is 26.8 Å².